The van der Waals surface area contributed by atoms with E-state index < -0.39 is 10.2 Å². The van der Waals surface area contributed by atoms with E-state index in [1.165, 1.54) is 4.31 Å². The lowest BCUT2D eigenvalue weighted by atomic mass is 9.85. The molecule has 0 aromatic rings. The number of nitrogens with two attached hydrogens (primary N) is 1. The van der Waals surface area contributed by atoms with Gasteiger partial charge in [0.2, 0.25) is 0 Å². The Kier molecular flexibility index (Phi) is 6.99. The van der Waals surface area contributed by atoms with Crippen molar-refractivity contribution in [3.63, 3.8) is 0 Å². The summed E-state index contributed by atoms with van der Waals surface area (Å²) in [5.74, 6) is 0.273. The van der Waals surface area contributed by atoms with E-state index in [1.54, 1.807) is 0 Å². The minimum absolute atomic E-state index is 0. The van der Waals surface area contributed by atoms with E-state index in [2.05, 4.69) is 4.72 Å². The molecule has 2 atom stereocenters. The zero-order valence-corrected chi connectivity index (χ0v) is 12.7. The molecule has 6 nitrogen and oxygen atoms in total. The van der Waals surface area contributed by atoms with Gasteiger partial charge in [-0.25, -0.2) is 0 Å². The fraction of sp³-hybridized carbons (Fsp3) is 1.00. The first-order valence-electron chi connectivity index (χ1n) is 6.68. The smallest absolute Gasteiger partial charge is 0.279 e. The number of halogens is 1. The summed E-state index contributed by atoms with van der Waals surface area (Å²) in [6.45, 7) is 2.39. The summed E-state index contributed by atoms with van der Waals surface area (Å²) in [4.78, 5) is 0. The molecule has 8 heteroatoms. The summed E-state index contributed by atoms with van der Waals surface area (Å²) >= 11 is 0. The van der Waals surface area contributed by atoms with Gasteiger partial charge >= 0.3 is 0 Å². The Hall–Kier alpha value is 0.0800. The lowest BCUT2D eigenvalue weighted by Gasteiger charge is -2.34. The minimum Gasteiger partial charge on any atom is -0.379 e. The first-order chi connectivity index (χ1) is 8.63. The number of rotatable bonds is 4. The van der Waals surface area contributed by atoms with E-state index in [-0.39, 0.29) is 24.4 Å². The van der Waals surface area contributed by atoms with Crippen molar-refractivity contribution < 1.29 is 13.2 Å². The van der Waals surface area contributed by atoms with Crippen molar-refractivity contribution >= 4 is 22.6 Å². The number of hydrogen-bond acceptors (Lipinski definition) is 4. The normalized spacial score (nSPS) is 29.7. The Morgan fingerprint density at radius 2 is 1.84 bits per heavy atom. The zero-order valence-electron chi connectivity index (χ0n) is 11.1. The SMILES string of the molecule is Cl.NCC1CCCCC1NS(=O)(=O)N1CCOCC1. The zero-order chi connectivity index (χ0) is 13.0. The van der Waals surface area contributed by atoms with Gasteiger partial charge in [0.15, 0.2) is 0 Å². The fourth-order valence-electron chi connectivity index (χ4n) is 2.70. The van der Waals surface area contributed by atoms with Gasteiger partial charge in [0, 0.05) is 19.1 Å². The van der Waals surface area contributed by atoms with Crippen LogP contribution in [0.4, 0.5) is 0 Å². The van der Waals surface area contributed by atoms with Gasteiger partial charge in [0.25, 0.3) is 10.2 Å². The van der Waals surface area contributed by atoms with Crippen LogP contribution in [0, 0.1) is 5.92 Å². The van der Waals surface area contributed by atoms with Gasteiger partial charge in [0.1, 0.15) is 0 Å². The van der Waals surface area contributed by atoms with E-state index in [1.807, 2.05) is 0 Å². The molecule has 2 aliphatic rings. The molecular weight excluding hydrogens is 290 g/mol. The minimum atomic E-state index is -3.38. The summed E-state index contributed by atoms with van der Waals surface area (Å²) in [7, 11) is -3.38. The van der Waals surface area contributed by atoms with Crippen molar-refractivity contribution in [1.29, 1.82) is 0 Å². The molecule has 0 spiro atoms. The molecule has 3 N–H and O–H groups in total. The molecule has 1 heterocycles. The van der Waals surface area contributed by atoms with Crippen LogP contribution in [-0.4, -0.2) is 51.6 Å². The van der Waals surface area contributed by atoms with Crippen molar-refractivity contribution in [1.82, 2.24) is 9.03 Å². The van der Waals surface area contributed by atoms with E-state index in [9.17, 15) is 8.42 Å². The van der Waals surface area contributed by atoms with Crippen LogP contribution in [-0.2, 0) is 14.9 Å². The van der Waals surface area contributed by atoms with E-state index in [4.69, 9.17) is 10.5 Å². The highest BCUT2D eigenvalue weighted by Crippen LogP contribution is 2.24. The standard InChI is InChI=1S/C11H23N3O3S.ClH/c12-9-10-3-1-2-4-11(10)13-18(15,16)14-5-7-17-8-6-14;/h10-11,13H,1-9,12H2;1H. The van der Waals surface area contributed by atoms with Gasteiger partial charge < -0.3 is 10.5 Å². The Morgan fingerprint density at radius 3 is 2.47 bits per heavy atom. The summed E-state index contributed by atoms with van der Waals surface area (Å²) in [6, 6.07) is -0.00315. The van der Waals surface area contributed by atoms with E-state index >= 15 is 0 Å². The van der Waals surface area contributed by atoms with Gasteiger partial charge in [-0.2, -0.15) is 17.4 Å². The van der Waals surface area contributed by atoms with E-state index in [0.29, 0.717) is 32.8 Å². The molecule has 114 valence electrons. The van der Waals surface area contributed by atoms with Crippen LogP contribution in [0.5, 0.6) is 0 Å². The highest BCUT2D eigenvalue weighted by atomic mass is 35.5. The number of nitrogens with one attached hydrogen (secondary N) is 1. The quantitative estimate of drug-likeness (QED) is 0.770. The third kappa shape index (κ3) is 4.54. The number of nitrogens with zero attached hydrogens (tertiary/aromatic N) is 1. The van der Waals surface area contributed by atoms with Gasteiger partial charge in [-0.1, -0.05) is 12.8 Å². The van der Waals surface area contributed by atoms with Crippen molar-refractivity contribution in [3.8, 4) is 0 Å². The Balaban J connectivity index is 0.00000180. The monoisotopic (exact) mass is 313 g/mol. The van der Waals surface area contributed by atoms with Gasteiger partial charge in [-0.05, 0) is 25.3 Å². The summed E-state index contributed by atoms with van der Waals surface area (Å²) < 4.78 is 33.9. The molecule has 0 aromatic heterocycles. The summed E-state index contributed by atoms with van der Waals surface area (Å²) in [5, 5.41) is 0. The maximum absolute atomic E-state index is 12.2. The number of hydrogen-bond donors (Lipinski definition) is 2. The van der Waals surface area contributed by atoms with Crippen LogP contribution >= 0.6 is 12.4 Å². The molecule has 19 heavy (non-hydrogen) atoms. The first-order valence-corrected chi connectivity index (χ1v) is 8.12. The average Bonchev–Trinajstić information content (AvgIpc) is 2.40. The molecule has 0 aromatic carbocycles. The molecule has 2 fully saturated rings. The van der Waals surface area contributed by atoms with Crippen molar-refractivity contribution in [2.45, 2.75) is 31.7 Å². The maximum Gasteiger partial charge on any atom is 0.279 e. The fourth-order valence-corrected chi connectivity index (χ4v) is 4.17. The first kappa shape index (κ1) is 17.1. The molecular formula is C11H24ClN3O3S. The molecule has 0 amide bonds. The third-order valence-corrected chi connectivity index (χ3v) is 5.47. The van der Waals surface area contributed by atoms with Gasteiger partial charge in [-0.3, -0.25) is 0 Å². The second-order valence-electron chi connectivity index (χ2n) is 5.02. The average molecular weight is 314 g/mol. The van der Waals surface area contributed by atoms with Crippen LogP contribution in [0.3, 0.4) is 0 Å². The molecule has 1 aliphatic heterocycles. The molecule has 1 aliphatic carbocycles. The highest BCUT2D eigenvalue weighted by Gasteiger charge is 2.31. The summed E-state index contributed by atoms with van der Waals surface area (Å²) in [6.07, 6.45) is 4.14. The van der Waals surface area contributed by atoms with Crippen molar-refractivity contribution in [2.24, 2.45) is 11.7 Å². The van der Waals surface area contributed by atoms with Crippen LogP contribution in [0.15, 0.2) is 0 Å². The van der Waals surface area contributed by atoms with Crippen molar-refractivity contribution in [2.75, 3.05) is 32.8 Å². The van der Waals surface area contributed by atoms with Crippen molar-refractivity contribution in [3.05, 3.63) is 0 Å². The third-order valence-electron chi connectivity index (χ3n) is 3.82. The summed E-state index contributed by atoms with van der Waals surface area (Å²) in [5.41, 5.74) is 5.72. The number of morpholine rings is 1. The Morgan fingerprint density at radius 1 is 1.21 bits per heavy atom. The topological polar surface area (TPSA) is 84.7 Å². The van der Waals surface area contributed by atoms with Crippen LogP contribution in [0.25, 0.3) is 0 Å². The van der Waals surface area contributed by atoms with E-state index in [0.717, 1.165) is 25.7 Å². The van der Waals surface area contributed by atoms with Crippen LogP contribution in [0.2, 0.25) is 0 Å². The second kappa shape index (κ2) is 7.75. The molecule has 0 bridgehead atoms. The predicted molar refractivity (Wildman–Crippen MR) is 76.5 cm³/mol. The predicted octanol–water partition coefficient (Wildman–Crippen LogP) is 0.0923. The Bertz CT molecular complexity index is 360. The van der Waals surface area contributed by atoms with Gasteiger partial charge in [0.05, 0.1) is 13.2 Å². The van der Waals surface area contributed by atoms with Crippen LogP contribution < -0.4 is 10.5 Å². The molecule has 1 saturated carbocycles. The maximum atomic E-state index is 12.2. The number of ether oxygens (including phenoxy) is 1. The lowest BCUT2D eigenvalue weighted by molar-refractivity contribution is 0.0720. The van der Waals surface area contributed by atoms with Crippen LogP contribution in [0.1, 0.15) is 25.7 Å². The second-order valence-corrected chi connectivity index (χ2v) is 6.72. The Labute approximate surface area is 121 Å². The molecule has 0 radical (unpaired) electrons. The van der Waals surface area contributed by atoms with Gasteiger partial charge in [-0.15, -0.1) is 12.4 Å². The lowest BCUT2D eigenvalue weighted by Crippen LogP contribution is -2.52. The molecule has 2 rings (SSSR count). The molecule has 2 unspecified atom stereocenters. The molecule has 1 saturated heterocycles. The highest BCUT2D eigenvalue weighted by molar-refractivity contribution is 7.87. The largest absolute Gasteiger partial charge is 0.379 e.